The van der Waals surface area contributed by atoms with Crippen molar-refractivity contribution in [1.29, 1.82) is 0 Å². The van der Waals surface area contributed by atoms with Crippen molar-refractivity contribution in [2.75, 3.05) is 0 Å². The van der Waals surface area contributed by atoms with Crippen LogP contribution in [0.25, 0.3) is 0 Å². The third-order valence-electron chi connectivity index (χ3n) is 2.66. The number of aromatic nitrogens is 1. The van der Waals surface area contributed by atoms with E-state index in [1.807, 2.05) is 19.1 Å². The Labute approximate surface area is 110 Å². The maximum absolute atomic E-state index is 13.6. The van der Waals surface area contributed by atoms with E-state index in [2.05, 4.69) is 4.98 Å². The van der Waals surface area contributed by atoms with E-state index < -0.39 is 5.82 Å². The Morgan fingerprint density at radius 1 is 1.28 bits per heavy atom. The summed E-state index contributed by atoms with van der Waals surface area (Å²) in [5, 5.41) is 0. The molecule has 0 spiro atoms. The molecule has 2 nitrogen and oxygen atoms in total. The molecule has 18 heavy (non-hydrogen) atoms. The Morgan fingerprint density at radius 3 is 2.83 bits per heavy atom. The van der Waals surface area contributed by atoms with Crippen molar-refractivity contribution in [3.63, 3.8) is 0 Å². The molecule has 4 heteroatoms. The number of hydrogen-bond acceptors (Lipinski definition) is 2. The van der Waals surface area contributed by atoms with Crippen LogP contribution in [0, 0.1) is 12.7 Å². The molecule has 0 aliphatic heterocycles. The van der Waals surface area contributed by atoms with Crippen LogP contribution in [0.15, 0.2) is 36.5 Å². The lowest BCUT2D eigenvalue weighted by molar-refractivity contribution is 0.282. The number of nitrogens with zero attached hydrogens (tertiary/aromatic N) is 1. The van der Waals surface area contributed by atoms with Crippen LogP contribution < -0.4 is 4.74 Å². The Bertz CT molecular complexity index is 545. The first-order valence-electron chi connectivity index (χ1n) is 5.59. The quantitative estimate of drug-likeness (QED) is 0.784. The van der Waals surface area contributed by atoms with Crippen LogP contribution in [0.1, 0.15) is 16.8 Å². The molecule has 2 rings (SSSR count). The van der Waals surface area contributed by atoms with E-state index in [9.17, 15) is 4.39 Å². The van der Waals surface area contributed by atoms with Crippen LogP contribution in [-0.4, -0.2) is 4.98 Å². The lowest BCUT2D eigenvalue weighted by Crippen LogP contribution is -2.03. The molecule has 1 aromatic heterocycles. The number of halogens is 2. The van der Waals surface area contributed by atoms with Crippen LogP contribution in [0.2, 0.25) is 0 Å². The Hall–Kier alpha value is -1.61. The summed E-state index contributed by atoms with van der Waals surface area (Å²) >= 11 is 5.75. The first-order valence-corrected chi connectivity index (χ1v) is 6.12. The molecule has 0 aliphatic rings. The summed E-state index contributed by atoms with van der Waals surface area (Å²) in [6, 6.07) is 8.51. The SMILES string of the molecule is Cc1cccnc1COc1c(F)cccc1CCl. The number of aryl methyl sites for hydroxylation is 1. The minimum Gasteiger partial charge on any atom is -0.484 e. The third-order valence-corrected chi connectivity index (χ3v) is 2.95. The number of para-hydroxylation sites is 1. The van der Waals surface area contributed by atoms with E-state index in [4.69, 9.17) is 16.3 Å². The molecule has 0 saturated heterocycles. The van der Waals surface area contributed by atoms with Crippen LogP contribution >= 0.6 is 11.6 Å². The van der Waals surface area contributed by atoms with E-state index in [1.54, 1.807) is 18.3 Å². The van der Waals surface area contributed by atoms with Gasteiger partial charge in [0.1, 0.15) is 6.61 Å². The highest BCUT2D eigenvalue weighted by atomic mass is 35.5. The molecule has 0 bridgehead atoms. The van der Waals surface area contributed by atoms with Gasteiger partial charge in [-0.3, -0.25) is 4.98 Å². The van der Waals surface area contributed by atoms with E-state index in [0.717, 1.165) is 11.3 Å². The molecule has 0 amide bonds. The van der Waals surface area contributed by atoms with Gasteiger partial charge in [0.25, 0.3) is 0 Å². The van der Waals surface area contributed by atoms with E-state index >= 15 is 0 Å². The van der Waals surface area contributed by atoms with Crippen LogP contribution in [-0.2, 0) is 12.5 Å². The molecule has 0 saturated carbocycles. The Balaban J connectivity index is 2.18. The first-order chi connectivity index (χ1) is 8.72. The molecule has 0 radical (unpaired) electrons. The van der Waals surface area contributed by atoms with Gasteiger partial charge in [-0.2, -0.15) is 0 Å². The highest BCUT2D eigenvalue weighted by Gasteiger charge is 2.10. The van der Waals surface area contributed by atoms with Gasteiger partial charge in [0.15, 0.2) is 11.6 Å². The van der Waals surface area contributed by atoms with Crippen molar-refractivity contribution in [3.8, 4) is 5.75 Å². The molecule has 0 unspecified atom stereocenters. The maximum Gasteiger partial charge on any atom is 0.165 e. The predicted molar refractivity (Wildman–Crippen MR) is 69.3 cm³/mol. The minimum atomic E-state index is -0.401. The van der Waals surface area contributed by atoms with Gasteiger partial charge in [0, 0.05) is 11.8 Å². The zero-order valence-electron chi connectivity index (χ0n) is 9.99. The molecule has 94 valence electrons. The lowest BCUT2D eigenvalue weighted by atomic mass is 10.2. The number of pyridine rings is 1. The largest absolute Gasteiger partial charge is 0.484 e. The Kier molecular flexibility index (Phi) is 4.15. The zero-order valence-corrected chi connectivity index (χ0v) is 10.7. The molecule has 0 aliphatic carbocycles. The molecule has 0 fully saturated rings. The number of benzene rings is 1. The van der Waals surface area contributed by atoms with Gasteiger partial charge in [-0.15, -0.1) is 11.6 Å². The topological polar surface area (TPSA) is 22.1 Å². The van der Waals surface area contributed by atoms with Gasteiger partial charge in [0.05, 0.1) is 11.6 Å². The molecule has 1 heterocycles. The lowest BCUT2D eigenvalue weighted by Gasteiger charge is -2.11. The second-order valence-corrected chi connectivity index (χ2v) is 4.18. The summed E-state index contributed by atoms with van der Waals surface area (Å²) in [5.74, 6) is 0.0215. The van der Waals surface area contributed by atoms with Gasteiger partial charge in [-0.05, 0) is 24.6 Å². The summed E-state index contributed by atoms with van der Waals surface area (Å²) in [4.78, 5) is 4.20. The van der Waals surface area contributed by atoms with Crippen molar-refractivity contribution in [2.45, 2.75) is 19.4 Å². The second kappa shape index (κ2) is 5.83. The normalized spacial score (nSPS) is 10.4. The minimum absolute atomic E-state index is 0.206. The zero-order chi connectivity index (χ0) is 13.0. The molecular formula is C14H13ClFNO. The highest BCUT2D eigenvalue weighted by Crippen LogP contribution is 2.25. The van der Waals surface area contributed by atoms with Crippen molar-refractivity contribution in [3.05, 3.63) is 59.2 Å². The van der Waals surface area contributed by atoms with E-state index in [1.165, 1.54) is 6.07 Å². The van der Waals surface area contributed by atoms with E-state index in [0.29, 0.717) is 5.56 Å². The van der Waals surface area contributed by atoms with Gasteiger partial charge in [0.2, 0.25) is 0 Å². The van der Waals surface area contributed by atoms with Crippen molar-refractivity contribution < 1.29 is 9.13 Å². The summed E-state index contributed by atoms with van der Waals surface area (Å²) < 4.78 is 19.1. The third kappa shape index (κ3) is 2.79. The Morgan fingerprint density at radius 2 is 2.11 bits per heavy atom. The number of hydrogen-bond donors (Lipinski definition) is 0. The van der Waals surface area contributed by atoms with Gasteiger partial charge >= 0.3 is 0 Å². The molecule has 1 aromatic carbocycles. The summed E-state index contributed by atoms with van der Waals surface area (Å²) in [7, 11) is 0. The summed E-state index contributed by atoms with van der Waals surface area (Å²) in [6.45, 7) is 2.17. The fraction of sp³-hybridized carbons (Fsp3) is 0.214. The fourth-order valence-electron chi connectivity index (χ4n) is 1.63. The van der Waals surface area contributed by atoms with Gasteiger partial charge in [-0.25, -0.2) is 4.39 Å². The van der Waals surface area contributed by atoms with E-state index in [-0.39, 0.29) is 18.2 Å². The first kappa shape index (κ1) is 12.8. The standard InChI is InChI=1S/C14H13ClFNO/c1-10-4-3-7-17-13(10)9-18-14-11(8-15)5-2-6-12(14)16/h2-7H,8-9H2,1H3. The van der Waals surface area contributed by atoms with Crippen LogP contribution in [0.4, 0.5) is 4.39 Å². The average Bonchev–Trinajstić information content (AvgIpc) is 2.39. The maximum atomic E-state index is 13.6. The number of alkyl halides is 1. The summed E-state index contributed by atoms with van der Waals surface area (Å²) in [5.41, 5.74) is 2.45. The van der Waals surface area contributed by atoms with Crippen LogP contribution in [0.5, 0.6) is 5.75 Å². The molecule has 0 atom stereocenters. The molecule has 2 aromatic rings. The van der Waals surface area contributed by atoms with Crippen molar-refractivity contribution in [1.82, 2.24) is 4.98 Å². The van der Waals surface area contributed by atoms with Gasteiger partial charge in [-0.1, -0.05) is 18.2 Å². The van der Waals surface area contributed by atoms with Crippen LogP contribution in [0.3, 0.4) is 0 Å². The van der Waals surface area contributed by atoms with Crippen molar-refractivity contribution >= 4 is 11.6 Å². The number of ether oxygens (including phenoxy) is 1. The predicted octanol–water partition coefficient (Wildman–Crippen LogP) is 3.85. The van der Waals surface area contributed by atoms with Crippen molar-refractivity contribution in [2.24, 2.45) is 0 Å². The molecular weight excluding hydrogens is 253 g/mol. The number of rotatable bonds is 4. The fourth-order valence-corrected chi connectivity index (χ4v) is 1.84. The second-order valence-electron chi connectivity index (χ2n) is 3.92. The average molecular weight is 266 g/mol. The summed E-state index contributed by atoms with van der Waals surface area (Å²) in [6.07, 6.45) is 1.69. The molecule has 0 N–H and O–H groups in total. The smallest absolute Gasteiger partial charge is 0.165 e. The monoisotopic (exact) mass is 265 g/mol. The van der Waals surface area contributed by atoms with Gasteiger partial charge < -0.3 is 4.74 Å². The highest BCUT2D eigenvalue weighted by molar-refractivity contribution is 6.17.